The lowest BCUT2D eigenvalue weighted by molar-refractivity contribution is -0.123. The highest BCUT2D eigenvalue weighted by Gasteiger charge is 2.38. The molecule has 2 heterocycles. The lowest BCUT2D eigenvalue weighted by Crippen LogP contribution is -2.46. The molecule has 9 nitrogen and oxygen atoms in total. The second-order valence-electron chi connectivity index (χ2n) is 8.83. The number of carbonyl (C=O) groups excluding carboxylic acids is 3. The van der Waals surface area contributed by atoms with Gasteiger partial charge in [0.2, 0.25) is 5.91 Å². The van der Waals surface area contributed by atoms with E-state index in [2.05, 4.69) is 14.7 Å². The average molecular weight is 503 g/mol. The standard InChI is InChI=1S/C26H26N6O3S/c27-20-21(24(28)33)31-36-23(20)26(35)32(16-10-2-1-3-11-16)22(25(34)30-15-8-4-5-9-15)18-14-29-19-13-7-6-12-17(18)19/h1-3,6-7,10-15,22,29H,4-5,8-9,27H2,(H2,28,33)(H,30,34)/t22-/m0/s1. The van der Waals surface area contributed by atoms with Gasteiger partial charge in [-0.25, -0.2) is 0 Å². The summed E-state index contributed by atoms with van der Waals surface area (Å²) in [4.78, 5) is 44.5. The van der Waals surface area contributed by atoms with Gasteiger partial charge in [-0.3, -0.25) is 19.3 Å². The third-order valence-corrected chi connectivity index (χ3v) is 7.38. The summed E-state index contributed by atoms with van der Waals surface area (Å²) < 4.78 is 4.00. The molecule has 0 radical (unpaired) electrons. The van der Waals surface area contributed by atoms with Gasteiger partial charge in [-0.1, -0.05) is 49.2 Å². The number of hydrogen-bond donors (Lipinski definition) is 4. The molecule has 3 amide bonds. The van der Waals surface area contributed by atoms with Gasteiger partial charge in [-0.2, -0.15) is 4.37 Å². The van der Waals surface area contributed by atoms with Gasteiger partial charge < -0.3 is 21.8 Å². The molecular weight excluding hydrogens is 476 g/mol. The minimum Gasteiger partial charge on any atom is -0.395 e. The van der Waals surface area contributed by atoms with Gasteiger partial charge in [-0.15, -0.1) is 0 Å². The van der Waals surface area contributed by atoms with Crippen LogP contribution in [-0.2, 0) is 4.79 Å². The number of nitrogens with one attached hydrogen (secondary N) is 2. The minimum absolute atomic E-state index is 0.0474. The molecule has 1 aliphatic carbocycles. The number of para-hydroxylation sites is 2. The number of primary amides is 1. The van der Waals surface area contributed by atoms with Crippen LogP contribution in [0.2, 0.25) is 0 Å². The van der Waals surface area contributed by atoms with Gasteiger partial charge in [0, 0.05) is 34.4 Å². The molecule has 1 aliphatic rings. The number of nitrogens with zero attached hydrogens (tertiary/aromatic N) is 2. The van der Waals surface area contributed by atoms with Crippen molar-refractivity contribution in [2.75, 3.05) is 10.6 Å². The fourth-order valence-corrected chi connectivity index (χ4v) is 5.52. The molecule has 2 aromatic carbocycles. The molecule has 36 heavy (non-hydrogen) atoms. The topological polar surface area (TPSA) is 147 Å². The van der Waals surface area contributed by atoms with Crippen molar-refractivity contribution in [3.05, 3.63) is 76.9 Å². The number of aromatic nitrogens is 2. The third kappa shape index (κ3) is 4.31. The van der Waals surface area contributed by atoms with Crippen LogP contribution in [-0.4, -0.2) is 33.1 Å². The van der Waals surface area contributed by atoms with Crippen LogP contribution in [0, 0.1) is 0 Å². The van der Waals surface area contributed by atoms with E-state index in [1.54, 1.807) is 30.5 Å². The van der Waals surface area contributed by atoms with Crippen molar-refractivity contribution in [3.8, 4) is 0 Å². The van der Waals surface area contributed by atoms with Gasteiger partial charge in [0.25, 0.3) is 11.8 Å². The van der Waals surface area contributed by atoms with Gasteiger partial charge in [0.1, 0.15) is 10.9 Å². The van der Waals surface area contributed by atoms with E-state index < -0.39 is 17.9 Å². The van der Waals surface area contributed by atoms with Gasteiger partial charge >= 0.3 is 0 Å². The summed E-state index contributed by atoms with van der Waals surface area (Å²) in [6.07, 6.45) is 5.66. The molecule has 6 N–H and O–H groups in total. The van der Waals surface area contributed by atoms with Crippen LogP contribution in [0.4, 0.5) is 11.4 Å². The first-order valence-corrected chi connectivity index (χ1v) is 12.5. The summed E-state index contributed by atoms with van der Waals surface area (Å²) >= 11 is 0.792. The Bertz CT molecular complexity index is 1420. The van der Waals surface area contributed by atoms with Crippen LogP contribution in [0.25, 0.3) is 10.9 Å². The molecule has 0 unspecified atom stereocenters. The molecule has 0 saturated heterocycles. The van der Waals surface area contributed by atoms with Crippen LogP contribution in [0.5, 0.6) is 0 Å². The van der Waals surface area contributed by atoms with Crippen LogP contribution >= 0.6 is 11.5 Å². The normalized spacial score (nSPS) is 14.6. The zero-order chi connectivity index (χ0) is 25.2. The number of H-pyrrole nitrogens is 1. The Morgan fingerprint density at radius 2 is 1.75 bits per heavy atom. The Hall–Kier alpha value is -4.18. The summed E-state index contributed by atoms with van der Waals surface area (Å²) in [6, 6.07) is 15.6. The number of aromatic amines is 1. The van der Waals surface area contributed by atoms with Gasteiger partial charge in [0.15, 0.2) is 5.69 Å². The summed E-state index contributed by atoms with van der Waals surface area (Å²) in [5.41, 5.74) is 13.3. The van der Waals surface area contributed by atoms with E-state index in [0.29, 0.717) is 11.3 Å². The third-order valence-electron chi connectivity index (χ3n) is 6.53. The van der Waals surface area contributed by atoms with E-state index >= 15 is 0 Å². The Morgan fingerprint density at radius 1 is 1.06 bits per heavy atom. The first-order chi connectivity index (χ1) is 17.5. The molecule has 10 heteroatoms. The number of nitrogens with two attached hydrogens (primary N) is 2. The van der Waals surface area contributed by atoms with Crippen LogP contribution in [0.1, 0.15) is 57.4 Å². The Kier molecular flexibility index (Phi) is 6.43. The van der Waals surface area contributed by atoms with E-state index in [1.807, 2.05) is 30.3 Å². The Morgan fingerprint density at radius 3 is 2.44 bits per heavy atom. The van der Waals surface area contributed by atoms with Crippen molar-refractivity contribution in [2.24, 2.45) is 5.73 Å². The highest BCUT2D eigenvalue weighted by molar-refractivity contribution is 7.09. The molecule has 1 atom stereocenters. The lowest BCUT2D eigenvalue weighted by atomic mass is 10.0. The van der Waals surface area contributed by atoms with E-state index in [-0.39, 0.29) is 28.2 Å². The quantitative estimate of drug-likeness (QED) is 0.304. The number of benzene rings is 2. The number of anilines is 2. The van der Waals surface area contributed by atoms with Crippen molar-refractivity contribution in [2.45, 2.75) is 37.8 Å². The highest BCUT2D eigenvalue weighted by Crippen LogP contribution is 2.36. The Balaban J connectivity index is 1.67. The van der Waals surface area contributed by atoms with Crippen molar-refractivity contribution in [1.29, 1.82) is 0 Å². The first kappa shape index (κ1) is 23.6. The fraction of sp³-hybridized carbons (Fsp3) is 0.231. The molecule has 0 aliphatic heterocycles. The van der Waals surface area contributed by atoms with Crippen LogP contribution in [0.3, 0.4) is 0 Å². The maximum atomic E-state index is 14.1. The highest BCUT2D eigenvalue weighted by atomic mass is 32.1. The number of hydrogen-bond acceptors (Lipinski definition) is 6. The molecule has 4 aromatic rings. The van der Waals surface area contributed by atoms with E-state index in [4.69, 9.17) is 11.5 Å². The number of amides is 3. The lowest BCUT2D eigenvalue weighted by Gasteiger charge is -2.31. The predicted octanol–water partition coefficient (Wildman–Crippen LogP) is 3.75. The fourth-order valence-electron chi connectivity index (χ4n) is 4.78. The summed E-state index contributed by atoms with van der Waals surface area (Å²) in [7, 11) is 0. The molecule has 0 spiro atoms. The average Bonchev–Trinajstić information content (AvgIpc) is 3.63. The number of rotatable bonds is 7. The monoisotopic (exact) mass is 502 g/mol. The van der Waals surface area contributed by atoms with E-state index in [9.17, 15) is 14.4 Å². The zero-order valence-corrected chi connectivity index (χ0v) is 20.3. The maximum Gasteiger partial charge on any atom is 0.273 e. The molecule has 0 bridgehead atoms. The van der Waals surface area contributed by atoms with E-state index in [0.717, 1.165) is 48.1 Å². The largest absolute Gasteiger partial charge is 0.395 e. The van der Waals surface area contributed by atoms with Crippen molar-refractivity contribution in [1.82, 2.24) is 14.7 Å². The summed E-state index contributed by atoms with van der Waals surface area (Å²) in [5.74, 6) is -1.65. The van der Waals surface area contributed by atoms with E-state index in [1.165, 1.54) is 4.90 Å². The maximum absolute atomic E-state index is 14.1. The molecule has 2 aromatic heterocycles. The second kappa shape index (κ2) is 9.82. The zero-order valence-electron chi connectivity index (χ0n) is 19.4. The minimum atomic E-state index is -1.00. The number of nitrogen functional groups attached to an aromatic ring is 1. The number of carbonyl (C=O) groups is 3. The van der Waals surface area contributed by atoms with Crippen LogP contribution in [0.15, 0.2) is 60.8 Å². The predicted molar refractivity (Wildman–Crippen MR) is 140 cm³/mol. The summed E-state index contributed by atoms with van der Waals surface area (Å²) in [5, 5.41) is 3.99. The molecular formula is C26H26N6O3S. The molecule has 1 saturated carbocycles. The van der Waals surface area contributed by atoms with Crippen molar-refractivity contribution >= 4 is 51.5 Å². The molecule has 5 rings (SSSR count). The SMILES string of the molecule is NC(=O)c1nsc(C(=O)N(c2ccccc2)[C@H](C(=O)NC2CCCC2)c2c[nH]c3ccccc23)c1N. The van der Waals surface area contributed by atoms with Crippen molar-refractivity contribution < 1.29 is 14.4 Å². The van der Waals surface area contributed by atoms with Crippen LogP contribution < -0.4 is 21.7 Å². The second-order valence-corrected chi connectivity index (χ2v) is 9.60. The smallest absolute Gasteiger partial charge is 0.273 e. The van der Waals surface area contributed by atoms with Gasteiger partial charge in [-0.05, 0) is 42.6 Å². The first-order valence-electron chi connectivity index (χ1n) is 11.8. The van der Waals surface area contributed by atoms with Gasteiger partial charge in [0.05, 0.1) is 5.69 Å². The number of fused-ring (bicyclic) bond motifs is 1. The molecule has 184 valence electrons. The molecule has 1 fully saturated rings. The Labute approximate surface area is 211 Å². The van der Waals surface area contributed by atoms with Crippen molar-refractivity contribution in [3.63, 3.8) is 0 Å². The summed E-state index contributed by atoms with van der Waals surface area (Å²) in [6.45, 7) is 0.